The monoisotopic (exact) mass is 456 g/mol. The van der Waals surface area contributed by atoms with Crippen LogP contribution in [0.15, 0.2) is 60.9 Å². The minimum Gasteiger partial charge on any atom is -0.368 e. The van der Waals surface area contributed by atoms with E-state index in [1.807, 2.05) is 29.3 Å². The van der Waals surface area contributed by atoms with Crippen molar-refractivity contribution in [3.8, 4) is 11.3 Å². The zero-order valence-electron chi connectivity index (χ0n) is 18.7. The second-order valence-corrected chi connectivity index (χ2v) is 8.92. The Bertz CT molecular complexity index is 1340. The number of aromatic nitrogens is 3. The van der Waals surface area contributed by atoms with Crippen molar-refractivity contribution in [2.75, 3.05) is 36.4 Å². The number of fused-ring (bicyclic) bond motifs is 1. The molecular weight excluding hydrogens is 431 g/mol. The van der Waals surface area contributed by atoms with Crippen LogP contribution < -0.4 is 10.2 Å². The van der Waals surface area contributed by atoms with E-state index < -0.39 is 0 Å². The molecule has 1 aliphatic heterocycles. The van der Waals surface area contributed by atoms with Crippen LogP contribution in [0, 0.1) is 11.7 Å². The molecule has 0 atom stereocenters. The highest BCUT2D eigenvalue weighted by Gasteiger charge is 2.34. The molecule has 34 heavy (non-hydrogen) atoms. The van der Waals surface area contributed by atoms with Gasteiger partial charge in [-0.05, 0) is 61.4 Å². The minimum atomic E-state index is -0.281. The fourth-order valence-electron chi connectivity index (χ4n) is 4.53. The lowest BCUT2D eigenvalue weighted by Crippen LogP contribution is -2.49. The van der Waals surface area contributed by atoms with Crippen LogP contribution >= 0.6 is 0 Å². The summed E-state index contributed by atoms with van der Waals surface area (Å²) in [4.78, 5) is 28.7. The van der Waals surface area contributed by atoms with Gasteiger partial charge in [0, 0.05) is 72.3 Å². The quantitative estimate of drug-likeness (QED) is 0.460. The van der Waals surface area contributed by atoms with Crippen molar-refractivity contribution in [1.29, 1.82) is 0 Å². The van der Waals surface area contributed by atoms with Gasteiger partial charge in [0.2, 0.25) is 11.9 Å². The van der Waals surface area contributed by atoms with Gasteiger partial charge in [-0.15, -0.1) is 0 Å². The molecule has 2 aromatic carbocycles. The van der Waals surface area contributed by atoms with Crippen LogP contribution in [-0.4, -0.2) is 51.9 Å². The van der Waals surface area contributed by atoms with Crippen molar-refractivity contribution in [3.63, 3.8) is 0 Å². The maximum atomic E-state index is 13.8. The molecule has 2 aliphatic rings. The largest absolute Gasteiger partial charge is 0.368 e. The third kappa shape index (κ3) is 4.07. The molecule has 3 heterocycles. The van der Waals surface area contributed by atoms with Gasteiger partial charge in [-0.2, -0.15) is 0 Å². The average Bonchev–Trinajstić information content (AvgIpc) is 3.64. The SMILES string of the molecule is O=C(C1CC1)N1CCN(c2ccc(Nc3nccc(-c4c[nH]c5ccc(F)cc45)n3)cc2)CC1. The predicted molar refractivity (Wildman–Crippen MR) is 131 cm³/mol. The highest BCUT2D eigenvalue weighted by molar-refractivity contribution is 5.94. The fraction of sp³-hybridized carbons (Fsp3) is 0.269. The molecule has 1 aliphatic carbocycles. The topological polar surface area (TPSA) is 77.2 Å². The second kappa shape index (κ2) is 8.44. The van der Waals surface area contributed by atoms with E-state index in [0.717, 1.165) is 66.9 Å². The van der Waals surface area contributed by atoms with Gasteiger partial charge in [0.15, 0.2) is 0 Å². The first kappa shape index (κ1) is 20.7. The number of rotatable bonds is 5. The Labute approximate surface area is 196 Å². The van der Waals surface area contributed by atoms with Crippen molar-refractivity contribution in [1.82, 2.24) is 19.9 Å². The molecule has 1 saturated heterocycles. The first-order valence-corrected chi connectivity index (χ1v) is 11.6. The van der Waals surface area contributed by atoms with Crippen LogP contribution in [0.5, 0.6) is 0 Å². The number of carbonyl (C=O) groups excluding carboxylic acids is 1. The number of nitrogens with one attached hydrogen (secondary N) is 2. The smallest absolute Gasteiger partial charge is 0.227 e. The lowest BCUT2D eigenvalue weighted by Gasteiger charge is -2.36. The summed E-state index contributed by atoms with van der Waals surface area (Å²) in [5.41, 5.74) is 4.42. The summed E-state index contributed by atoms with van der Waals surface area (Å²) >= 11 is 0. The summed E-state index contributed by atoms with van der Waals surface area (Å²) < 4.78 is 13.8. The molecule has 2 fully saturated rings. The molecule has 0 bridgehead atoms. The summed E-state index contributed by atoms with van der Waals surface area (Å²) in [6.45, 7) is 3.27. The van der Waals surface area contributed by atoms with Gasteiger partial charge < -0.3 is 20.1 Å². The maximum absolute atomic E-state index is 13.8. The van der Waals surface area contributed by atoms with E-state index in [1.54, 1.807) is 12.3 Å². The average molecular weight is 457 g/mol. The van der Waals surface area contributed by atoms with Crippen LogP contribution in [0.25, 0.3) is 22.2 Å². The standard InChI is InChI=1S/C26H25FN6O/c27-18-3-8-23-21(15-18)22(16-29-23)24-9-10-28-26(31-24)30-19-4-6-20(7-5-19)32-11-13-33(14-12-32)25(34)17-1-2-17/h3-10,15-17,29H,1-2,11-14H2,(H,28,30,31). The highest BCUT2D eigenvalue weighted by Crippen LogP contribution is 2.32. The van der Waals surface area contributed by atoms with Gasteiger partial charge in [0.05, 0.1) is 5.69 Å². The number of benzene rings is 2. The second-order valence-electron chi connectivity index (χ2n) is 8.92. The molecule has 4 aromatic rings. The van der Waals surface area contributed by atoms with Gasteiger partial charge in [0.25, 0.3) is 0 Å². The van der Waals surface area contributed by atoms with E-state index in [9.17, 15) is 9.18 Å². The van der Waals surface area contributed by atoms with E-state index in [1.165, 1.54) is 12.1 Å². The zero-order valence-corrected chi connectivity index (χ0v) is 18.7. The molecule has 172 valence electrons. The fourth-order valence-corrected chi connectivity index (χ4v) is 4.53. The third-order valence-corrected chi connectivity index (χ3v) is 6.58. The summed E-state index contributed by atoms with van der Waals surface area (Å²) in [5, 5.41) is 4.04. The molecule has 0 spiro atoms. The zero-order chi connectivity index (χ0) is 23.1. The maximum Gasteiger partial charge on any atom is 0.227 e. The number of aromatic amines is 1. The number of carbonyl (C=O) groups is 1. The van der Waals surface area contributed by atoms with Gasteiger partial charge in [-0.1, -0.05) is 0 Å². The number of halogens is 1. The summed E-state index contributed by atoms with van der Waals surface area (Å²) in [7, 11) is 0. The third-order valence-electron chi connectivity index (χ3n) is 6.58. The predicted octanol–water partition coefficient (Wildman–Crippen LogP) is 4.57. The molecule has 2 aromatic heterocycles. The van der Waals surface area contributed by atoms with Gasteiger partial charge in [-0.25, -0.2) is 14.4 Å². The molecule has 6 rings (SSSR count). The molecule has 0 radical (unpaired) electrons. The Kier molecular flexibility index (Phi) is 5.13. The highest BCUT2D eigenvalue weighted by atomic mass is 19.1. The van der Waals surface area contributed by atoms with E-state index in [-0.39, 0.29) is 11.7 Å². The molecule has 0 unspecified atom stereocenters. The molecule has 1 saturated carbocycles. The summed E-state index contributed by atoms with van der Waals surface area (Å²) in [5.74, 6) is 0.814. The Hall–Kier alpha value is -3.94. The van der Waals surface area contributed by atoms with Gasteiger partial charge in [0.1, 0.15) is 5.82 Å². The van der Waals surface area contributed by atoms with Crippen LogP contribution in [-0.2, 0) is 4.79 Å². The lowest BCUT2D eigenvalue weighted by atomic mass is 10.1. The summed E-state index contributed by atoms with van der Waals surface area (Å²) in [6.07, 6.45) is 5.64. The number of anilines is 3. The summed E-state index contributed by atoms with van der Waals surface area (Å²) in [6, 6.07) is 14.7. The van der Waals surface area contributed by atoms with Crippen molar-refractivity contribution < 1.29 is 9.18 Å². The minimum absolute atomic E-state index is 0.281. The number of hydrogen-bond acceptors (Lipinski definition) is 5. The normalized spacial score (nSPS) is 16.1. The van der Waals surface area contributed by atoms with Crippen LogP contribution in [0.1, 0.15) is 12.8 Å². The Balaban J connectivity index is 1.13. The van der Waals surface area contributed by atoms with E-state index in [2.05, 4.69) is 37.3 Å². The van der Waals surface area contributed by atoms with Gasteiger partial charge in [-0.3, -0.25) is 4.79 Å². The van der Waals surface area contributed by atoms with Crippen LogP contribution in [0.4, 0.5) is 21.7 Å². The van der Waals surface area contributed by atoms with Crippen molar-refractivity contribution in [2.45, 2.75) is 12.8 Å². The molecular formula is C26H25FN6O. The molecule has 8 heteroatoms. The first-order chi connectivity index (χ1) is 16.6. The van der Waals surface area contributed by atoms with E-state index in [0.29, 0.717) is 17.5 Å². The number of piperazine rings is 1. The van der Waals surface area contributed by atoms with E-state index in [4.69, 9.17) is 0 Å². The van der Waals surface area contributed by atoms with Crippen molar-refractivity contribution >= 4 is 34.1 Å². The van der Waals surface area contributed by atoms with Crippen molar-refractivity contribution in [3.05, 3.63) is 66.7 Å². The number of hydrogen-bond donors (Lipinski definition) is 2. The number of amides is 1. The molecule has 7 nitrogen and oxygen atoms in total. The van der Waals surface area contributed by atoms with Crippen LogP contribution in [0.2, 0.25) is 0 Å². The Morgan fingerprint density at radius 1 is 1.03 bits per heavy atom. The first-order valence-electron chi connectivity index (χ1n) is 11.6. The Morgan fingerprint density at radius 3 is 2.59 bits per heavy atom. The number of H-pyrrole nitrogens is 1. The number of nitrogens with zero attached hydrogens (tertiary/aromatic N) is 4. The van der Waals surface area contributed by atoms with Crippen LogP contribution in [0.3, 0.4) is 0 Å². The van der Waals surface area contributed by atoms with Gasteiger partial charge >= 0.3 is 0 Å². The molecule has 1 amide bonds. The molecule has 2 N–H and O–H groups in total. The van der Waals surface area contributed by atoms with Crippen molar-refractivity contribution in [2.24, 2.45) is 5.92 Å². The Morgan fingerprint density at radius 2 is 1.82 bits per heavy atom. The van der Waals surface area contributed by atoms with E-state index >= 15 is 0 Å². The lowest BCUT2D eigenvalue weighted by molar-refractivity contribution is -0.132.